The highest BCUT2D eigenvalue weighted by Crippen LogP contribution is 2.31. The van der Waals surface area contributed by atoms with E-state index in [0.717, 1.165) is 19.5 Å². The van der Waals surface area contributed by atoms with Crippen molar-refractivity contribution in [3.63, 3.8) is 0 Å². The van der Waals surface area contributed by atoms with Gasteiger partial charge in [0.05, 0.1) is 20.8 Å². The predicted molar refractivity (Wildman–Crippen MR) is 110 cm³/mol. The number of sulfonamides is 1. The van der Waals surface area contributed by atoms with Gasteiger partial charge < -0.3 is 14.4 Å². The number of carbonyl (C=O) groups excluding carboxylic acids is 1. The number of benzene rings is 1. The second kappa shape index (κ2) is 9.32. The fourth-order valence-corrected chi connectivity index (χ4v) is 5.62. The fraction of sp³-hybridized carbons (Fsp3) is 0.650. The molecule has 2 aliphatic rings. The maximum absolute atomic E-state index is 13.1. The van der Waals surface area contributed by atoms with Gasteiger partial charge in [0, 0.05) is 38.8 Å². The molecule has 3 rings (SSSR count). The molecule has 0 unspecified atom stereocenters. The zero-order chi connectivity index (χ0) is 21.0. The average molecular weight is 426 g/mol. The van der Waals surface area contributed by atoms with Gasteiger partial charge in [-0.15, -0.1) is 0 Å². The highest BCUT2D eigenvalue weighted by molar-refractivity contribution is 7.89. The van der Waals surface area contributed by atoms with E-state index >= 15 is 0 Å². The zero-order valence-corrected chi connectivity index (χ0v) is 18.3. The second-order valence-electron chi connectivity index (χ2n) is 7.78. The lowest BCUT2D eigenvalue weighted by Gasteiger charge is -2.36. The Hall–Kier alpha value is -1.84. The van der Waals surface area contributed by atoms with Gasteiger partial charge in [0.2, 0.25) is 15.9 Å². The first-order valence-corrected chi connectivity index (χ1v) is 11.5. The van der Waals surface area contributed by atoms with Crippen LogP contribution in [0.2, 0.25) is 0 Å². The highest BCUT2D eigenvalue weighted by atomic mass is 32.2. The van der Waals surface area contributed by atoms with E-state index in [9.17, 15) is 13.2 Å². The number of piperidine rings is 1. The Bertz CT molecular complexity index is 821. The molecule has 0 saturated carbocycles. The molecule has 1 aromatic rings. The summed E-state index contributed by atoms with van der Waals surface area (Å²) in [5.74, 6) is 1.43. The number of methoxy groups -OCH3 is 2. The van der Waals surface area contributed by atoms with Crippen molar-refractivity contribution >= 4 is 15.9 Å². The van der Waals surface area contributed by atoms with Crippen LogP contribution in [0.25, 0.3) is 0 Å². The van der Waals surface area contributed by atoms with Crippen LogP contribution in [0.3, 0.4) is 0 Å². The van der Waals surface area contributed by atoms with Crippen molar-refractivity contribution in [1.82, 2.24) is 14.1 Å². The summed E-state index contributed by atoms with van der Waals surface area (Å²) in [5, 5.41) is 0. The maximum Gasteiger partial charge on any atom is 0.247 e. The zero-order valence-electron chi connectivity index (χ0n) is 17.5. The van der Waals surface area contributed by atoms with Crippen LogP contribution in [-0.4, -0.2) is 88.5 Å². The van der Waals surface area contributed by atoms with E-state index in [0.29, 0.717) is 31.3 Å². The van der Waals surface area contributed by atoms with Crippen molar-refractivity contribution in [2.45, 2.75) is 24.7 Å². The molecule has 0 N–H and O–H groups in total. The van der Waals surface area contributed by atoms with E-state index < -0.39 is 10.0 Å². The number of hydrogen-bond donors (Lipinski definition) is 0. The number of likely N-dealkylation sites (tertiary alicyclic amines) is 1. The number of rotatable bonds is 6. The van der Waals surface area contributed by atoms with Crippen LogP contribution in [0, 0.1) is 5.92 Å². The van der Waals surface area contributed by atoms with Gasteiger partial charge in [-0.05, 0) is 37.4 Å². The Kier molecular flexibility index (Phi) is 7.02. The number of piperazine rings is 1. The van der Waals surface area contributed by atoms with Crippen LogP contribution in [-0.2, 0) is 14.8 Å². The summed E-state index contributed by atoms with van der Waals surface area (Å²) >= 11 is 0. The lowest BCUT2D eigenvalue weighted by Crippen LogP contribution is -2.53. The van der Waals surface area contributed by atoms with Crippen molar-refractivity contribution in [2.75, 3.05) is 60.0 Å². The molecule has 8 nitrogen and oxygen atoms in total. The third kappa shape index (κ3) is 5.02. The molecule has 2 saturated heterocycles. The molecule has 29 heavy (non-hydrogen) atoms. The minimum atomic E-state index is -3.74. The van der Waals surface area contributed by atoms with Crippen LogP contribution in [0.4, 0.5) is 0 Å². The molecule has 2 aliphatic heterocycles. The Labute approximate surface area is 173 Å². The van der Waals surface area contributed by atoms with Gasteiger partial charge in [-0.1, -0.05) is 6.92 Å². The van der Waals surface area contributed by atoms with Crippen LogP contribution in [0.5, 0.6) is 11.5 Å². The van der Waals surface area contributed by atoms with Gasteiger partial charge in [0.25, 0.3) is 0 Å². The van der Waals surface area contributed by atoms with Crippen molar-refractivity contribution in [3.05, 3.63) is 18.2 Å². The Morgan fingerprint density at radius 3 is 2.45 bits per heavy atom. The van der Waals surface area contributed by atoms with E-state index in [1.807, 2.05) is 0 Å². The standard InChI is InChI=1S/C20H31N3O5S/c1-16-5-4-8-21(14-16)15-20(24)22-9-11-23(12-10-22)29(25,26)19-13-17(27-2)6-7-18(19)28-3/h6-7,13,16H,4-5,8-12,14-15H2,1-3H3/t16-/m0/s1. The molecule has 0 bridgehead atoms. The minimum absolute atomic E-state index is 0.0788. The predicted octanol–water partition coefficient (Wildman–Crippen LogP) is 1.27. The Morgan fingerprint density at radius 1 is 1.10 bits per heavy atom. The number of nitrogens with zero attached hydrogens (tertiary/aromatic N) is 3. The van der Waals surface area contributed by atoms with Gasteiger partial charge in [0.1, 0.15) is 16.4 Å². The number of hydrogen-bond acceptors (Lipinski definition) is 6. The average Bonchev–Trinajstić information content (AvgIpc) is 2.73. The summed E-state index contributed by atoms with van der Waals surface area (Å²) in [5.41, 5.74) is 0. The van der Waals surface area contributed by atoms with E-state index in [1.54, 1.807) is 17.0 Å². The Balaban J connectivity index is 1.63. The van der Waals surface area contributed by atoms with Crippen LogP contribution in [0.1, 0.15) is 19.8 Å². The van der Waals surface area contributed by atoms with E-state index in [1.165, 1.54) is 31.0 Å². The Morgan fingerprint density at radius 2 is 1.83 bits per heavy atom. The smallest absolute Gasteiger partial charge is 0.247 e. The van der Waals surface area contributed by atoms with Gasteiger partial charge in [0.15, 0.2) is 0 Å². The van der Waals surface area contributed by atoms with Gasteiger partial charge in [-0.3, -0.25) is 9.69 Å². The van der Waals surface area contributed by atoms with E-state index in [4.69, 9.17) is 9.47 Å². The van der Waals surface area contributed by atoms with Crippen LogP contribution < -0.4 is 9.47 Å². The van der Waals surface area contributed by atoms with E-state index in [2.05, 4.69) is 11.8 Å². The summed E-state index contributed by atoms with van der Waals surface area (Å²) in [4.78, 5) is 16.7. The molecule has 0 spiro atoms. The molecule has 0 aromatic heterocycles. The SMILES string of the molecule is COc1ccc(OC)c(S(=O)(=O)N2CCN(C(=O)CN3CCC[C@H](C)C3)CC2)c1. The van der Waals surface area contributed by atoms with Crippen molar-refractivity contribution in [2.24, 2.45) is 5.92 Å². The third-order valence-corrected chi connectivity index (χ3v) is 7.60. The lowest BCUT2D eigenvalue weighted by molar-refractivity contribution is -0.134. The summed E-state index contributed by atoms with van der Waals surface area (Å²) in [7, 11) is -0.806. The number of amides is 1. The highest BCUT2D eigenvalue weighted by Gasteiger charge is 2.33. The molecule has 1 amide bonds. The normalized spacial score (nSPS) is 21.8. The first-order valence-electron chi connectivity index (χ1n) is 10.1. The molecule has 1 atom stereocenters. The second-order valence-corrected chi connectivity index (χ2v) is 9.69. The summed E-state index contributed by atoms with van der Waals surface area (Å²) in [6.45, 7) is 5.88. The van der Waals surface area contributed by atoms with Crippen LogP contribution >= 0.6 is 0 Å². The van der Waals surface area contributed by atoms with Gasteiger partial charge >= 0.3 is 0 Å². The first kappa shape index (κ1) is 21.9. The molecule has 9 heteroatoms. The first-order chi connectivity index (χ1) is 13.8. The van der Waals surface area contributed by atoms with Gasteiger partial charge in [-0.25, -0.2) is 8.42 Å². The van der Waals surface area contributed by atoms with Crippen molar-refractivity contribution < 1.29 is 22.7 Å². The van der Waals surface area contributed by atoms with Crippen LogP contribution in [0.15, 0.2) is 23.1 Å². The molecule has 2 heterocycles. The molecular weight excluding hydrogens is 394 g/mol. The summed E-state index contributed by atoms with van der Waals surface area (Å²) in [6.07, 6.45) is 2.35. The molecule has 0 radical (unpaired) electrons. The molecule has 162 valence electrons. The molecule has 1 aromatic carbocycles. The number of carbonyl (C=O) groups is 1. The van der Waals surface area contributed by atoms with E-state index in [-0.39, 0.29) is 29.6 Å². The summed E-state index contributed by atoms with van der Waals surface area (Å²) < 4.78 is 38.1. The van der Waals surface area contributed by atoms with Gasteiger partial charge in [-0.2, -0.15) is 4.31 Å². The van der Waals surface area contributed by atoms with Crippen molar-refractivity contribution in [1.29, 1.82) is 0 Å². The minimum Gasteiger partial charge on any atom is -0.497 e. The third-order valence-electron chi connectivity index (χ3n) is 5.68. The molecule has 0 aliphatic carbocycles. The summed E-state index contributed by atoms with van der Waals surface area (Å²) in [6, 6.07) is 4.73. The number of ether oxygens (including phenoxy) is 2. The quantitative estimate of drug-likeness (QED) is 0.683. The maximum atomic E-state index is 13.1. The largest absolute Gasteiger partial charge is 0.497 e. The molecular formula is C20H31N3O5S. The molecule has 2 fully saturated rings. The fourth-order valence-electron chi connectivity index (χ4n) is 4.02. The monoisotopic (exact) mass is 425 g/mol. The lowest BCUT2D eigenvalue weighted by atomic mass is 10.0. The topological polar surface area (TPSA) is 79.4 Å². The van der Waals surface area contributed by atoms with Crippen molar-refractivity contribution in [3.8, 4) is 11.5 Å².